The number of carbonyl (C=O) groups excluding carboxylic acids is 1. The van der Waals surface area contributed by atoms with Crippen molar-refractivity contribution in [2.75, 3.05) is 6.61 Å². The Morgan fingerprint density at radius 3 is 2.33 bits per heavy atom. The normalized spacial score (nSPS) is 11.5. The largest absolute Gasteiger partial charge is 0.493 e. The summed E-state index contributed by atoms with van der Waals surface area (Å²) >= 11 is 0. The molecule has 2 rings (SSSR count). The van der Waals surface area contributed by atoms with Crippen LogP contribution < -0.4 is 10.1 Å². The number of ether oxygens (including phenoxy) is 1. The van der Waals surface area contributed by atoms with Crippen LogP contribution >= 0.6 is 0 Å². The molecule has 0 saturated heterocycles. The SMILES string of the molecule is CC(COc1ccc(CC(=O)NCc2ccccc2)cc1)C(=O)O. The highest BCUT2D eigenvalue weighted by Gasteiger charge is 2.11. The Kier molecular flexibility index (Phi) is 6.37. The Balaban J connectivity index is 1.78. The standard InChI is InChI=1S/C19H21NO4/c1-14(19(22)23)13-24-17-9-7-15(8-10-17)11-18(21)20-12-16-5-3-2-4-6-16/h2-10,14H,11-13H2,1H3,(H,20,21)(H,22,23). The highest BCUT2D eigenvalue weighted by atomic mass is 16.5. The summed E-state index contributed by atoms with van der Waals surface area (Å²) in [6.07, 6.45) is 0.290. The number of hydrogen-bond donors (Lipinski definition) is 2. The second-order valence-corrected chi connectivity index (χ2v) is 5.63. The maximum Gasteiger partial charge on any atom is 0.309 e. The molecule has 0 aromatic heterocycles. The zero-order valence-corrected chi connectivity index (χ0v) is 13.6. The third-order valence-corrected chi connectivity index (χ3v) is 3.54. The van der Waals surface area contributed by atoms with Crippen molar-refractivity contribution in [3.8, 4) is 5.75 Å². The van der Waals surface area contributed by atoms with Gasteiger partial charge < -0.3 is 15.2 Å². The molecule has 126 valence electrons. The fourth-order valence-electron chi connectivity index (χ4n) is 2.04. The number of amides is 1. The predicted molar refractivity (Wildman–Crippen MR) is 90.7 cm³/mol. The Morgan fingerprint density at radius 2 is 1.71 bits per heavy atom. The van der Waals surface area contributed by atoms with Crippen molar-refractivity contribution in [3.63, 3.8) is 0 Å². The topological polar surface area (TPSA) is 75.6 Å². The fourth-order valence-corrected chi connectivity index (χ4v) is 2.04. The number of hydrogen-bond acceptors (Lipinski definition) is 3. The molecule has 0 spiro atoms. The molecule has 2 aromatic rings. The summed E-state index contributed by atoms with van der Waals surface area (Å²) in [5.41, 5.74) is 1.93. The second kappa shape index (κ2) is 8.72. The lowest BCUT2D eigenvalue weighted by atomic mass is 10.1. The van der Waals surface area contributed by atoms with Crippen LogP contribution in [0, 0.1) is 5.92 Å². The highest BCUT2D eigenvalue weighted by Crippen LogP contribution is 2.14. The van der Waals surface area contributed by atoms with Crippen molar-refractivity contribution in [1.29, 1.82) is 0 Å². The van der Waals surface area contributed by atoms with E-state index in [4.69, 9.17) is 9.84 Å². The minimum Gasteiger partial charge on any atom is -0.493 e. The van der Waals surface area contributed by atoms with Gasteiger partial charge in [0, 0.05) is 6.54 Å². The molecular formula is C19H21NO4. The molecule has 2 N–H and O–H groups in total. The molecule has 5 nitrogen and oxygen atoms in total. The van der Waals surface area contributed by atoms with E-state index in [0.717, 1.165) is 11.1 Å². The molecule has 0 heterocycles. The quantitative estimate of drug-likeness (QED) is 0.781. The third-order valence-electron chi connectivity index (χ3n) is 3.54. The van der Waals surface area contributed by atoms with E-state index in [9.17, 15) is 9.59 Å². The van der Waals surface area contributed by atoms with Crippen LogP contribution in [0.1, 0.15) is 18.1 Å². The van der Waals surface area contributed by atoms with Crippen molar-refractivity contribution < 1.29 is 19.4 Å². The molecule has 0 radical (unpaired) electrons. The summed E-state index contributed by atoms with van der Waals surface area (Å²) in [5.74, 6) is -0.904. The Bertz CT molecular complexity index is 668. The van der Waals surface area contributed by atoms with Crippen LogP contribution in [0.5, 0.6) is 5.75 Å². The van der Waals surface area contributed by atoms with Gasteiger partial charge >= 0.3 is 5.97 Å². The zero-order chi connectivity index (χ0) is 17.4. The molecule has 5 heteroatoms. The maximum atomic E-state index is 12.0. The smallest absolute Gasteiger partial charge is 0.309 e. The molecular weight excluding hydrogens is 306 g/mol. The summed E-state index contributed by atoms with van der Waals surface area (Å²) < 4.78 is 5.41. The first-order valence-electron chi connectivity index (χ1n) is 7.80. The lowest BCUT2D eigenvalue weighted by molar-refractivity contribution is -0.142. The van der Waals surface area contributed by atoms with Crippen LogP contribution in [0.3, 0.4) is 0 Å². The Labute approximate surface area is 141 Å². The van der Waals surface area contributed by atoms with E-state index in [1.54, 1.807) is 19.1 Å². The number of aliphatic carboxylic acids is 1. The molecule has 0 aliphatic carbocycles. The first-order valence-corrected chi connectivity index (χ1v) is 7.80. The molecule has 2 aromatic carbocycles. The lowest BCUT2D eigenvalue weighted by Crippen LogP contribution is -2.24. The molecule has 0 saturated carbocycles. The molecule has 1 amide bonds. The summed E-state index contributed by atoms with van der Waals surface area (Å²) in [6, 6.07) is 16.8. The van der Waals surface area contributed by atoms with E-state index < -0.39 is 11.9 Å². The average molecular weight is 327 g/mol. The van der Waals surface area contributed by atoms with Crippen molar-refractivity contribution in [2.45, 2.75) is 19.9 Å². The molecule has 1 atom stereocenters. The van der Waals surface area contributed by atoms with E-state index in [0.29, 0.717) is 18.7 Å². The van der Waals surface area contributed by atoms with E-state index in [2.05, 4.69) is 5.32 Å². The average Bonchev–Trinajstić information content (AvgIpc) is 2.60. The monoisotopic (exact) mass is 327 g/mol. The Hall–Kier alpha value is -2.82. The molecule has 1 unspecified atom stereocenters. The number of benzene rings is 2. The highest BCUT2D eigenvalue weighted by molar-refractivity contribution is 5.78. The Morgan fingerprint density at radius 1 is 1.04 bits per heavy atom. The van der Waals surface area contributed by atoms with Gasteiger partial charge in [0.05, 0.1) is 12.3 Å². The van der Waals surface area contributed by atoms with Gasteiger partial charge in [-0.2, -0.15) is 0 Å². The van der Waals surface area contributed by atoms with Crippen molar-refractivity contribution in [2.24, 2.45) is 5.92 Å². The molecule has 0 fully saturated rings. The molecule has 24 heavy (non-hydrogen) atoms. The summed E-state index contributed by atoms with van der Waals surface area (Å²) in [4.78, 5) is 22.7. The lowest BCUT2D eigenvalue weighted by Gasteiger charge is -2.10. The van der Waals surface area contributed by atoms with E-state index in [1.165, 1.54) is 0 Å². The zero-order valence-electron chi connectivity index (χ0n) is 13.6. The van der Waals surface area contributed by atoms with Crippen LogP contribution in [0.4, 0.5) is 0 Å². The maximum absolute atomic E-state index is 12.0. The van der Waals surface area contributed by atoms with Gasteiger partial charge in [-0.15, -0.1) is 0 Å². The first-order chi connectivity index (χ1) is 11.5. The fraction of sp³-hybridized carbons (Fsp3) is 0.263. The molecule has 0 aliphatic rings. The van der Waals surface area contributed by atoms with Crippen molar-refractivity contribution in [1.82, 2.24) is 5.32 Å². The van der Waals surface area contributed by atoms with Gasteiger partial charge in [-0.05, 0) is 30.2 Å². The van der Waals surface area contributed by atoms with E-state index in [1.807, 2.05) is 42.5 Å². The van der Waals surface area contributed by atoms with Crippen molar-refractivity contribution >= 4 is 11.9 Å². The second-order valence-electron chi connectivity index (χ2n) is 5.63. The van der Waals surface area contributed by atoms with E-state index in [-0.39, 0.29) is 12.5 Å². The molecule has 0 bridgehead atoms. The van der Waals surface area contributed by atoms with Gasteiger partial charge in [0.15, 0.2) is 0 Å². The summed E-state index contributed by atoms with van der Waals surface area (Å²) in [5, 5.41) is 11.7. The number of carbonyl (C=O) groups is 2. The van der Waals surface area contributed by atoms with E-state index >= 15 is 0 Å². The number of carboxylic acid groups (broad SMARTS) is 1. The number of carboxylic acids is 1. The van der Waals surface area contributed by atoms with Gasteiger partial charge in [0.25, 0.3) is 0 Å². The van der Waals surface area contributed by atoms with Gasteiger partial charge in [-0.25, -0.2) is 0 Å². The van der Waals surface area contributed by atoms with Crippen LogP contribution in [-0.2, 0) is 22.6 Å². The van der Waals surface area contributed by atoms with Gasteiger partial charge in [-0.1, -0.05) is 42.5 Å². The van der Waals surface area contributed by atoms with Gasteiger partial charge in [-0.3, -0.25) is 9.59 Å². The van der Waals surface area contributed by atoms with Crippen molar-refractivity contribution in [3.05, 3.63) is 65.7 Å². The van der Waals surface area contributed by atoms with Crippen LogP contribution in [0.2, 0.25) is 0 Å². The minimum atomic E-state index is -0.887. The van der Waals surface area contributed by atoms with Crippen LogP contribution in [0.15, 0.2) is 54.6 Å². The summed E-state index contributed by atoms with van der Waals surface area (Å²) in [7, 11) is 0. The summed E-state index contributed by atoms with van der Waals surface area (Å²) in [6.45, 7) is 2.22. The predicted octanol–water partition coefficient (Wildman–Crippen LogP) is 2.65. The third kappa shape index (κ3) is 5.76. The van der Waals surface area contributed by atoms with Crippen LogP contribution in [0.25, 0.3) is 0 Å². The van der Waals surface area contributed by atoms with Gasteiger partial charge in [0.1, 0.15) is 12.4 Å². The minimum absolute atomic E-state index is 0.0491. The number of rotatable bonds is 8. The van der Waals surface area contributed by atoms with Crippen LogP contribution in [-0.4, -0.2) is 23.6 Å². The molecule has 0 aliphatic heterocycles. The first kappa shape index (κ1) is 17.5. The number of nitrogens with one attached hydrogen (secondary N) is 1. The van der Waals surface area contributed by atoms with Gasteiger partial charge in [0.2, 0.25) is 5.91 Å².